The average molecular weight is 508 g/mol. The summed E-state index contributed by atoms with van der Waals surface area (Å²) in [6, 6.07) is 8.53. The molecule has 1 N–H and O–H groups in total. The summed E-state index contributed by atoms with van der Waals surface area (Å²) in [5.41, 5.74) is 2.09. The number of carbonyl (C=O) groups is 2. The molecule has 196 valence electrons. The summed E-state index contributed by atoms with van der Waals surface area (Å²) in [6.45, 7) is 8.46. The molecule has 0 radical (unpaired) electrons. The topological polar surface area (TPSA) is 117 Å². The van der Waals surface area contributed by atoms with Gasteiger partial charge in [-0.1, -0.05) is 64.8 Å². The number of carbonyl (C=O) groups excluding carboxylic acids is 2. The zero-order chi connectivity index (χ0) is 26.3. The zero-order valence-corrected chi connectivity index (χ0v) is 22.4. The summed E-state index contributed by atoms with van der Waals surface area (Å²) >= 11 is 0. The number of aryl methyl sites for hydroxylation is 1. The third-order valence-corrected chi connectivity index (χ3v) is 8.03. The number of sulfone groups is 1. The third kappa shape index (κ3) is 10.7. The highest BCUT2D eigenvalue weighted by molar-refractivity contribution is 7.92. The van der Waals surface area contributed by atoms with Crippen molar-refractivity contribution in [2.75, 3.05) is 18.9 Å². The fourth-order valence-corrected chi connectivity index (χ4v) is 6.14. The fourth-order valence-electron chi connectivity index (χ4n) is 3.99. The van der Waals surface area contributed by atoms with Gasteiger partial charge in [0.1, 0.15) is 12.6 Å². The smallest absolute Gasteiger partial charge is 0.407 e. The highest BCUT2D eigenvalue weighted by Gasteiger charge is 2.34. The monoisotopic (exact) mass is 507 g/mol. The molecule has 8 nitrogen and oxygen atoms in total. The minimum absolute atomic E-state index is 0.00906. The van der Waals surface area contributed by atoms with Crippen molar-refractivity contribution in [3.8, 4) is 6.07 Å². The van der Waals surface area contributed by atoms with E-state index in [1.165, 1.54) is 0 Å². The molecule has 35 heavy (non-hydrogen) atoms. The van der Waals surface area contributed by atoms with Gasteiger partial charge in [-0.2, -0.15) is 5.26 Å². The maximum Gasteiger partial charge on any atom is 0.407 e. The van der Waals surface area contributed by atoms with E-state index in [9.17, 15) is 18.0 Å². The molecule has 1 rings (SSSR count). The lowest BCUT2D eigenvalue weighted by molar-refractivity contribution is -0.133. The van der Waals surface area contributed by atoms with Gasteiger partial charge in [-0.15, -0.1) is 0 Å². The van der Waals surface area contributed by atoms with Crippen LogP contribution in [0.25, 0.3) is 0 Å². The van der Waals surface area contributed by atoms with E-state index >= 15 is 0 Å². The number of alkyl carbamates (subject to hydrolysis) is 1. The van der Waals surface area contributed by atoms with Crippen molar-refractivity contribution < 1.29 is 22.7 Å². The molecule has 0 aliphatic heterocycles. The molecule has 1 aromatic rings. The Labute approximate surface area is 210 Å². The first kappa shape index (κ1) is 30.4. The second kappa shape index (κ2) is 16.1. The normalized spacial score (nSPS) is 12.1. The maximum absolute atomic E-state index is 13.6. The van der Waals surface area contributed by atoms with Crippen LogP contribution in [0.2, 0.25) is 0 Å². The Bertz CT molecular complexity index is 937. The minimum Gasteiger partial charge on any atom is -0.448 e. The van der Waals surface area contributed by atoms with Crippen LogP contribution >= 0.6 is 0 Å². The van der Waals surface area contributed by atoms with Crippen molar-refractivity contribution in [1.82, 2.24) is 10.2 Å². The number of nitrogens with one attached hydrogen (secondary N) is 1. The second-order valence-corrected chi connectivity index (χ2v) is 11.0. The van der Waals surface area contributed by atoms with Gasteiger partial charge in [0.2, 0.25) is 5.91 Å². The summed E-state index contributed by atoms with van der Waals surface area (Å²) in [5.74, 6) is -0.944. The van der Waals surface area contributed by atoms with Crippen molar-refractivity contribution >= 4 is 21.8 Å². The number of nitriles is 1. The summed E-state index contributed by atoms with van der Waals surface area (Å²) in [4.78, 5) is 27.6. The highest BCUT2D eigenvalue weighted by Crippen LogP contribution is 2.18. The summed E-state index contributed by atoms with van der Waals surface area (Å²) in [7, 11) is -3.66. The van der Waals surface area contributed by atoms with E-state index < -0.39 is 38.9 Å². The molecule has 2 amide bonds. The van der Waals surface area contributed by atoms with Crippen LogP contribution < -0.4 is 5.32 Å². The number of rotatable bonds is 16. The largest absolute Gasteiger partial charge is 0.448 e. The van der Waals surface area contributed by atoms with E-state index in [1.807, 2.05) is 51.1 Å². The van der Waals surface area contributed by atoms with Gasteiger partial charge in [0.15, 0.2) is 9.84 Å². The molecule has 0 fully saturated rings. The van der Waals surface area contributed by atoms with Crippen LogP contribution in [0.5, 0.6) is 0 Å². The lowest BCUT2D eigenvalue weighted by Gasteiger charge is -2.29. The number of hydrogen-bond acceptors (Lipinski definition) is 6. The van der Waals surface area contributed by atoms with Gasteiger partial charge in [0.25, 0.3) is 0 Å². The van der Waals surface area contributed by atoms with E-state index in [2.05, 4.69) is 12.2 Å². The molecule has 0 aliphatic carbocycles. The average Bonchev–Trinajstić information content (AvgIpc) is 2.83. The van der Waals surface area contributed by atoms with Crippen LogP contribution in [0.4, 0.5) is 4.79 Å². The Kier molecular flexibility index (Phi) is 14.0. The van der Waals surface area contributed by atoms with Gasteiger partial charge in [-0.05, 0) is 36.8 Å². The Morgan fingerprint density at radius 1 is 1.09 bits per heavy atom. The number of hydrogen-bond donors (Lipinski definition) is 1. The van der Waals surface area contributed by atoms with Crippen LogP contribution in [-0.4, -0.2) is 55.5 Å². The van der Waals surface area contributed by atoms with E-state index in [-0.39, 0.29) is 13.0 Å². The molecular formula is C26H41N3O5S. The maximum atomic E-state index is 13.6. The number of benzene rings is 1. The number of amides is 2. The lowest BCUT2D eigenvalue weighted by atomic mass is 10.1. The van der Waals surface area contributed by atoms with Crippen LogP contribution in [0.3, 0.4) is 0 Å². The van der Waals surface area contributed by atoms with Crippen molar-refractivity contribution in [2.45, 2.75) is 90.5 Å². The molecule has 0 saturated heterocycles. The molecule has 0 heterocycles. The second-order valence-electron chi connectivity index (χ2n) is 8.70. The van der Waals surface area contributed by atoms with Crippen LogP contribution in [-0.2, 0) is 32.3 Å². The number of ether oxygens (including phenoxy) is 1. The summed E-state index contributed by atoms with van der Waals surface area (Å²) in [5, 5.41) is 10.6. The first-order chi connectivity index (χ1) is 16.7. The molecule has 0 unspecified atom stereocenters. The van der Waals surface area contributed by atoms with Gasteiger partial charge in [-0.3, -0.25) is 4.79 Å². The van der Waals surface area contributed by atoms with E-state index in [1.54, 1.807) is 4.90 Å². The Morgan fingerprint density at radius 2 is 1.74 bits per heavy atom. The predicted octanol–water partition coefficient (Wildman–Crippen LogP) is 4.38. The van der Waals surface area contributed by atoms with Crippen molar-refractivity contribution in [3.05, 3.63) is 35.4 Å². The minimum atomic E-state index is -3.66. The molecule has 0 aromatic heterocycles. The van der Waals surface area contributed by atoms with Gasteiger partial charge in [0, 0.05) is 13.1 Å². The van der Waals surface area contributed by atoms with E-state index in [0.29, 0.717) is 45.2 Å². The fraction of sp³-hybridized carbons (Fsp3) is 0.654. The van der Waals surface area contributed by atoms with Crippen molar-refractivity contribution in [1.29, 1.82) is 5.26 Å². The van der Waals surface area contributed by atoms with E-state index in [4.69, 9.17) is 10.00 Å². The lowest BCUT2D eigenvalue weighted by Crippen LogP contribution is -2.52. The molecule has 0 saturated carbocycles. The molecule has 0 aliphatic rings. The Morgan fingerprint density at radius 3 is 2.31 bits per heavy atom. The molecule has 0 spiro atoms. The molecule has 0 bridgehead atoms. The van der Waals surface area contributed by atoms with Crippen LogP contribution in [0.15, 0.2) is 24.3 Å². The predicted molar refractivity (Wildman–Crippen MR) is 137 cm³/mol. The van der Waals surface area contributed by atoms with Crippen molar-refractivity contribution in [3.63, 3.8) is 0 Å². The van der Waals surface area contributed by atoms with Gasteiger partial charge < -0.3 is 15.0 Å². The first-order valence-corrected chi connectivity index (χ1v) is 14.3. The van der Waals surface area contributed by atoms with Gasteiger partial charge >= 0.3 is 6.09 Å². The SMILES string of the molecule is CCCC(CCC)S(=O)(=O)C[C@@H](NC(=O)OCCC#N)C(=O)N(CCC)Cc1cccc(CC)c1. The van der Waals surface area contributed by atoms with Gasteiger partial charge in [0.05, 0.1) is 23.5 Å². The van der Waals surface area contributed by atoms with Gasteiger partial charge in [-0.25, -0.2) is 13.2 Å². The molecular weight excluding hydrogens is 466 g/mol. The standard InChI is InChI=1S/C26H41N3O5S/c1-5-11-23(12-6-2)35(32,33)20-24(28-26(31)34-17-10-15-27)25(30)29(16-7-3)19-22-14-9-13-21(8-4)18-22/h9,13-14,18,23-24H,5-8,10-12,16-17,19-20H2,1-4H3,(H,28,31)/t24-/m1/s1. The Hall–Kier alpha value is -2.60. The Balaban J connectivity index is 3.22. The third-order valence-electron chi connectivity index (χ3n) is 5.74. The molecule has 1 aromatic carbocycles. The van der Waals surface area contributed by atoms with Crippen LogP contribution in [0.1, 0.15) is 77.3 Å². The number of nitrogens with zero attached hydrogens (tertiary/aromatic N) is 2. The molecule has 1 atom stereocenters. The van der Waals surface area contributed by atoms with Crippen LogP contribution in [0, 0.1) is 11.3 Å². The first-order valence-electron chi connectivity index (χ1n) is 12.6. The van der Waals surface area contributed by atoms with E-state index in [0.717, 1.165) is 17.5 Å². The van der Waals surface area contributed by atoms with Crippen molar-refractivity contribution in [2.24, 2.45) is 0 Å². The quantitative estimate of drug-likeness (QED) is 0.332. The summed E-state index contributed by atoms with van der Waals surface area (Å²) in [6.07, 6.45) is 3.08. The molecule has 9 heteroatoms. The summed E-state index contributed by atoms with van der Waals surface area (Å²) < 4.78 is 31.6. The zero-order valence-electron chi connectivity index (χ0n) is 21.6. The highest BCUT2D eigenvalue weighted by atomic mass is 32.2.